The molecule has 0 aliphatic rings. The second-order valence-electron chi connectivity index (χ2n) is 3.18. The number of ether oxygens (including phenoxy) is 2. The van der Waals surface area contributed by atoms with Crippen molar-refractivity contribution in [3.63, 3.8) is 0 Å². The van der Waals surface area contributed by atoms with Gasteiger partial charge in [0.25, 0.3) is 0 Å². The van der Waals surface area contributed by atoms with E-state index in [4.69, 9.17) is 15.4 Å². The fraction of sp³-hybridized carbons (Fsp3) is 0.400. The molecule has 0 radical (unpaired) electrons. The Bertz CT molecular complexity index is 393. The van der Waals surface area contributed by atoms with E-state index in [-0.39, 0.29) is 23.7 Å². The lowest BCUT2D eigenvalue weighted by Gasteiger charge is -2.16. The normalized spacial score (nSPS) is 11.4. The Balaban J connectivity index is 3.39. The highest BCUT2D eigenvalue weighted by Crippen LogP contribution is 2.40. The molecule has 1 aromatic rings. The van der Waals surface area contributed by atoms with Gasteiger partial charge in [0.1, 0.15) is 17.1 Å². The van der Waals surface area contributed by atoms with Crippen LogP contribution in [0.15, 0.2) is 12.1 Å². The van der Waals surface area contributed by atoms with Crippen molar-refractivity contribution in [3.05, 3.63) is 23.3 Å². The fourth-order valence-corrected chi connectivity index (χ4v) is 1.43. The van der Waals surface area contributed by atoms with Crippen LogP contribution in [0.1, 0.15) is 11.1 Å². The number of methoxy groups -OCH3 is 2. The molecule has 0 bridgehead atoms. The Labute approximate surface area is 96.0 Å². The van der Waals surface area contributed by atoms with Crippen molar-refractivity contribution in [2.24, 2.45) is 5.90 Å². The van der Waals surface area contributed by atoms with Gasteiger partial charge in [0.05, 0.1) is 20.8 Å². The first-order valence-corrected chi connectivity index (χ1v) is 4.57. The third-order valence-electron chi connectivity index (χ3n) is 2.12. The maximum absolute atomic E-state index is 12.8. The van der Waals surface area contributed by atoms with Crippen LogP contribution in [0, 0.1) is 0 Å². The molecular formula is C10H12F3NO3. The van der Waals surface area contributed by atoms with Crippen LogP contribution < -0.4 is 15.4 Å². The number of hydrogen-bond donors (Lipinski definition) is 1. The Morgan fingerprint density at radius 1 is 1.18 bits per heavy atom. The highest BCUT2D eigenvalue weighted by Gasteiger charge is 2.36. The molecule has 0 saturated carbocycles. The molecule has 0 amide bonds. The molecule has 0 atom stereocenters. The summed E-state index contributed by atoms with van der Waals surface area (Å²) >= 11 is 0. The smallest absolute Gasteiger partial charge is 0.420 e. The van der Waals surface area contributed by atoms with Gasteiger partial charge < -0.3 is 9.47 Å². The Hall–Kier alpha value is -1.47. The third-order valence-corrected chi connectivity index (χ3v) is 2.12. The molecule has 4 nitrogen and oxygen atoms in total. The van der Waals surface area contributed by atoms with Crippen molar-refractivity contribution in [1.82, 2.24) is 0 Å². The van der Waals surface area contributed by atoms with E-state index in [2.05, 4.69) is 4.84 Å². The van der Waals surface area contributed by atoms with E-state index in [9.17, 15) is 13.2 Å². The summed E-state index contributed by atoms with van der Waals surface area (Å²) in [5.41, 5.74) is -0.756. The van der Waals surface area contributed by atoms with Crippen LogP contribution in [-0.4, -0.2) is 14.2 Å². The molecule has 1 rings (SSSR count). The van der Waals surface area contributed by atoms with Crippen molar-refractivity contribution >= 4 is 0 Å². The minimum atomic E-state index is -4.54. The van der Waals surface area contributed by atoms with E-state index in [1.54, 1.807) is 0 Å². The first kappa shape index (κ1) is 13.6. The maximum Gasteiger partial charge on any atom is 0.420 e. The predicted molar refractivity (Wildman–Crippen MR) is 53.5 cm³/mol. The fourth-order valence-electron chi connectivity index (χ4n) is 1.43. The predicted octanol–water partition coefficient (Wildman–Crippen LogP) is 2.11. The van der Waals surface area contributed by atoms with Crippen LogP contribution in [0.3, 0.4) is 0 Å². The summed E-state index contributed by atoms with van der Waals surface area (Å²) in [7, 11) is 2.42. The van der Waals surface area contributed by atoms with Gasteiger partial charge in [-0.15, -0.1) is 0 Å². The van der Waals surface area contributed by atoms with Gasteiger partial charge in [-0.1, -0.05) is 0 Å². The summed E-state index contributed by atoms with van der Waals surface area (Å²) < 4.78 is 47.8. The number of hydrogen-bond acceptors (Lipinski definition) is 4. The van der Waals surface area contributed by atoms with Crippen LogP contribution >= 0.6 is 0 Å². The van der Waals surface area contributed by atoms with Crippen molar-refractivity contribution < 1.29 is 27.5 Å². The van der Waals surface area contributed by atoms with Gasteiger partial charge in [-0.25, -0.2) is 5.90 Å². The summed E-state index contributed by atoms with van der Waals surface area (Å²) in [4.78, 5) is 4.33. The molecule has 1 aromatic carbocycles. The zero-order valence-corrected chi connectivity index (χ0v) is 9.30. The number of benzene rings is 1. The number of rotatable bonds is 4. The molecule has 0 aliphatic heterocycles. The van der Waals surface area contributed by atoms with Gasteiger partial charge in [-0.05, 0) is 12.1 Å². The van der Waals surface area contributed by atoms with Crippen LogP contribution in [0.5, 0.6) is 11.5 Å². The summed E-state index contributed by atoms with van der Waals surface area (Å²) in [5.74, 6) is 4.60. The summed E-state index contributed by atoms with van der Waals surface area (Å²) in [6.45, 7) is -0.205. The van der Waals surface area contributed by atoms with Crippen molar-refractivity contribution in [2.75, 3.05) is 14.2 Å². The molecule has 0 saturated heterocycles. The second-order valence-corrected chi connectivity index (χ2v) is 3.18. The molecule has 0 fully saturated rings. The molecule has 0 spiro atoms. The van der Waals surface area contributed by atoms with Crippen LogP contribution in [0.25, 0.3) is 0 Å². The van der Waals surface area contributed by atoms with Gasteiger partial charge in [-0.2, -0.15) is 13.2 Å². The van der Waals surface area contributed by atoms with Gasteiger partial charge in [-0.3, -0.25) is 4.84 Å². The Kier molecular flexibility index (Phi) is 4.19. The standard InChI is InChI=1S/C10H12F3NO3/c1-15-7-3-6(5-17-14)9(16-2)8(4-7)10(11,12)13/h3-4H,5,14H2,1-2H3. The first-order chi connectivity index (χ1) is 7.93. The van der Waals surface area contributed by atoms with Crippen molar-refractivity contribution in [1.29, 1.82) is 0 Å². The number of alkyl halides is 3. The first-order valence-electron chi connectivity index (χ1n) is 4.57. The van der Waals surface area contributed by atoms with Gasteiger partial charge in [0.2, 0.25) is 0 Å². The molecule has 0 aromatic heterocycles. The van der Waals surface area contributed by atoms with E-state index in [1.165, 1.54) is 13.2 Å². The average molecular weight is 251 g/mol. The highest BCUT2D eigenvalue weighted by atomic mass is 19.4. The molecule has 0 heterocycles. The number of nitrogens with two attached hydrogens (primary N) is 1. The molecule has 0 unspecified atom stereocenters. The average Bonchev–Trinajstić information content (AvgIpc) is 2.27. The monoisotopic (exact) mass is 251 g/mol. The van der Waals surface area contributed by atoms with E-state index >= 15 is 0 Å². The van der Waals surface area contributed by atoms with E-state index in [0.717, 1.165) is 13.2 Å². The zero-order chi connectivity index (χ0) is 13.1. The Morgan fingerprint density at radius 2 is 1.82 bits per heavy atom. The van der Waals surface area contributed by atoms with E-state index in [1.807, 2.05) is 0 Å². The molecule has 0 aliphatic carbocycles. The molecule has 2 N–H and O–H groups in total. The summed E-state index contributed by atoms with van der Waals surface area (Å²) in [6.07, 6.45) is -4.54. The molecule has 7 heteroatoms. The quantitative estimate of drug-likeness (QED) is 0.833. The third kappa shape index (κ3) is 3.01. The Morgan fingerprint density at radius 3 is 2.24 bits per heavy atom. The topological polar surface area (TPSA) is 53.7 Å². The lowest BCUT2D eigenvalue weighted by atomic mass is 10.1. The van der Waals surface area contributed by atoms with Crippen LogP contribution in [-0.2, 0) is 17.6 Å². The largest absolute Gasteiger partial charge is 0.497 e. The zero-order valence-electron chi connectivity index (χ0n) is 9.30. The SMILES string of the molecule is COc1cc(CON)c(OC)c(C(F)(F)F)c1. The minimum absolute atomic E-state index is 0.0603. The van der Waals surface area contributed by atoms with Gasteiger partial charge in [0.15, 0.2) is 0 Å². The van der Waals surface area contributed by atoms with E-state index in [0.29, 0.717) is 0 Å². The molecule has 96 valence electrons. The van der Waals surface area contributed by atoms with Crippen molar-refractivity contribution in [3.8, 4) is 11.5 Å². The second kappa shape index (κ2) is 5.24. The summed E-state index contributed by atoms with van der Waals surface area (Å²) in [5, 5.41) is 0. The molecular weight excluding hydrogens is 239 g/mol. The minimum Gasteiger partial charge on any atom is -0.497 e. The molecule has 17 heavy (non-hydrogen) atoms. The maximum atomic E-state index is 12.8. The van der Waals surface area contributed by atoms with Crippen molar-refractivity contribution in [2.45, 2.75) is 12.8 Å². The summed E-state index contributed by atoms with van der Waals surface area (Å²) in [6, 6.07) is 2.24. The van der Waals surface area contributed by atoms with Crippen LogP contribution in [0.2, 0.25) is 0 Å². The van der Waals surface area contributed by atoms with Crippen LogP contribution in [0.4, 0.5) is 13.2 Å². The highest BCUT2D eigenvalue weighted by molar-refractivity contribution is 5.48. The van der Waals surface area contributed by atoms with Gasteiger partial charge >= 0.3 is 6.18 Å². The van der Waals surface area contributed by atoms with E-state index < -0.39 is 11.7 Å². The van der Waals surface area contributed by atoms with Gasteiger partial charge in [0, 0.05) is 5.56 Å². The number of halogens is 3. The lowest BCUT2D eigenvalue weighted by Crippen LogP contribution is -2.11. The lowest BCUT2D eigenvalue weighted by molar-refractivity contribution is -0.139.